The second-order valence-corrected chi connectivity index (χ2v) is 4.94. The maximum atomic E-state index is 11.2. The first-order valence-corrected chi connectivity index (χ1v) is 6.50. The maximum absolute atomic E-state index is 11.2. The minimum Gasteiger partial charge on any atom is -0.453 e. The Hall–Kier alpha value is -1.46. The van der Waals surface area contributed by atoms with Gasteiger partial charge in [0.05, 0.1) is 19.8 Å². The molecule has 1 amide bonds. The number of anilines is 1. The van der Waals surface area contributed by atoms with Crippen LogP contribution in [-0.4, -0.2) is 37.4 Å². The number of ether oxygens (including phenoxy) is 1. The number of benzene rings is 1. The zero-order valence-corrected chi connectivity index (χ0v) is 11.5. The summed E-state index contributed by atoms with van der Waals surface area (Å²) in [4.78, 5) is 13.3. The minimum atomic E-state index is -0.416. The fourth-order valence-electron chi connectivity index (χ4n) is 2.29. The van der Waals surface area contributed by atoms with Gasteiger partial charge in [0.25, 0.3) is 0 Å². The molecule has 1 aliphatic rings. The fourth-order valence-corrected chi connectivity index (χ4v) is 2.45. The molecule has 1 aliphatic heterocycles. The molecule has 5 nitrogen and oxygen atoms in total. The predicted molar refractivity (Wildman–Crippen MR) is 73.5 cm³/mol. The van der Waals surface area contributed by atoms with E-state index in [2.05, 4.69) is 15.0 Å². The summed E-state index contributed by atoms with van der Waals surface area (Å²) in [5, 5.41) is 12.8. The summed E-state index contributed by atoms with van der Waals surface area (Å²) in [5.41, 5.74) is 1.76. The second-order valence-electron chi connectivity index (χ2n) is 4.50. The van der Waals surface area contributed by atoms with Crippen molar-refractivity contribution >= 4 is 23.4 Å². The van der Waals surface area contributed by atoms with Gasteiger partial charge in [-0.2, -0.15) is 0 Å². The van der Waals surface area contributed by atoms with Crippen molar-refractivity contribution in [1.82, 2.24) is 5.32 Å². The lowest BCUT2D eigenvalue weighted by Crippen LogP contribution is -2.37. The molecule has 1 unspecified atom stereocenters. The molecule has 1 saturated heterocycles. The predicted octanol–water partition coefficient (Wildman–Crippen LogP) is 1.77. The summed E-state index contributed by atoms with van der Waals surface area (Å²) in [6.45, 7) is 1.46. The molecule has 1 atom stereocenters. The molecule has 1 aromatic carbocycles. The van der Waals surface area contributed by atoms with Crippen molar-refractivity contribution in [3.63, 3.8) is 0 Å². The normalized spacial score (nSPS) is 18.5. The first-order valence-electron chi connectivity index (χ1n) is 6.12. The van der Waals surface area contributed by atoms with Crippen LogP contribution in [0.3, 0.4) is 0 Å². The molecule has 0 spiro atoms. The molecule has 6 heteroatoms. The Balaban J connectivity index is 2.08. The fraction of sp³-hybridized carbons (Fsp3) is 0.462. The summed E-state index contributed by atoms with van der Waals surface area (Å²) >= 11 is 6.00. The molecule has 104 valence electrons. The van der Waals surface area contributed by atoms with Crippen LogP contribution in [0.2, 0.25) is 5.02 Å². The molecule has 0 aliphatic carbocycles. The molecule has 0 aromatic heterocycles. The quantitative estimate of drug-likeness (QED) is 0.888. The van der Waals surface area contributed by atoms with Crippen molar-refractivity contribution < 1.29 is 14.6 Å². The highest BCUT2D eigenvalue weighted by Crippen LogP contribution is 2.28. The second kappa shape index (κ2) is 6.12. The Kier molecular flexibility index (Phi) is 4.50. The van der Waals surface area contributed by atoms with E-state index in [0.717, 1.165) is 24.2 Å². The van der Waals surface area contributed by atoms with E-state index in [1.165, 1.54) is 7.11 Å². The topological polar surface area (TPSA) is 61.8 Å². The van der Waals surface area contributed by atoms with Crippen molar-refractivity contribution in [1.29, 1.82) is 0 Å². The number of hydrogen-bond donors (Lipinski definition) is 2. The van der Waals surface area contributed by atoms with Gasteiger partial charge < -0.3 is 20.1 Å². The Morgan fingerprint density at radius 1 is 1.63 bits per heavy atom. The van der Waals surface area contributed by atoms with Gasteiger partial charge in [-0.15, -0.1) is 0 Å². The Morgan fingerprint density at radius 3 is 3.11 bits per heavy atom. The molecule has 0 radical (unpaired) electrons. The van der Waals surface area contributed by atoms with E-state index < -0.39 is 6.09 Å². The van der Waals surface area contributed by atoms with E-state index >= 15 is 0 Å². The summed E-state index contributed by atoms with van der Waals surface area (Å²) < 4.78 is 4.59. The van der Waals surface area contributed by atoms with E-state index in [9.17, 15) is 9.90 Å². The molecular weight excluding hydrogens is 268 g/mol. The zero-order chi connectivity index (χ0) is 13.8. The lowest BCUT2D eigenvalue weighted by molar-refractivity contribution is 0.167. The molecule has 1 aromatic rings. The SMILES string of the molecule is COC(=O)NC1CCN(c2cc(Cl)ccc2CO)C1. The number of alkyl carbamates (subject to hydrolysis) is 1. The number of aliphatic hydroxyl groups is 1. The molecule has 2 rings (SSSR count). The molecule has 1 fully saturated rings. The van der Waals surface area contributed by atoms with Gasteiger partial charge in [-0.05, 0) is 18.6 Å². The van der Waals surface area contributed by atoms with E-state index in [4.69, 9.17) is 11.6 Å². The van der Waals surface area contributed by atoms with E-state index in [1.807, 2.05) is 12.1 Å². The van der Waals surface area contributed by atoms with Gasteiger partial charge in [0.2, 0.25) is 0 Å². The first kappa shape index (κ1) is 14.0. The lowest BCUT2D eigenvalue weighted by Gasteiger charge is -2.22. The molecule has 2 N–H and O–H groups in total. The van der Waals surface area contributed by atoms with Crippen molar-refractivity contribution in [2.24, 2.45) is 0 Å². The average molecular weight is 285 g/mol. The maximum Gasteiger partial charge on any atom is 0.407 e. The summed E-state index contributed by atoms with van der Waals surface area (Å²) in [7, 11) is 1.35. The highest BCUT2D eigenvalue weighted by Gasteiger charge is 2.25. The number of aliphatic hydroxyl groups excluding tert-OH is 1. The standard InChI is InChI=1S/C13H17ClN2O3/c1-19-13(18)15-11-4-5-16(7-11)12-6-10(14)3-2-9(12)8-17/h2-3,6,11,17H,4-5,7-8H2,1H3,(H,15,18). The third kappa shape index (κ3) is 3.30. The summed E-state index contributed by atoms with van der Waals surface area (Å²) in [5.74, 6) is 0. The monoisotopic (exact) mass is 284 g/mol. The van der Waals surface area contributed by atoms with Gasteiger partial charge >= 0.3 is 6.09 Å². The minimum absolute atomic E-state index is 0.0297. The number of rotatable bonds is 3. The van der Waals surface area contributed by atoms with Gasteiger partial charge in [-0.25, -0.2) is 4.79 Å². The Labute approximate surface area is 117 Å². The summed E-state index contributed by atoms with van der Waals surface area (Å²) in [6, 6.07) is 5.47. The van der Waals surface area contributed by atoms with Crippen molar-refractivity contribution in [3.8, 4) is 0 Å². The van der Waals surface area contributed by atoms with Gasteiger partial charge in [0.1, 0.15) is 0 Å². The zero-order valence-electron chi connectivity index (χ0n) is 10.7. The highest BCUT2D eigenvalue weighted by molar-refractivity contribution is 6.30. The van der Waals surface area contributed by atoms with Crippen LogP contribution in [0.4, 0.5) is 10.5 Å². The molecular formula is C13H17ClN2O3. The van der Waals surface area contributed by atoms with Crippen molar-refractivity contribution in [2.45, 2.75) is 19.1 Å². The van der Waals surface area contributed by atoms with E-state index in [-0.39, 0.29) is 12.6 Å². The smallest absolute Gasteiger partial charge is 0.407 e. The molecule has 0 saturated carbocycles. The number of carbonyl (C=O) groups is 1. The number of halogens is 1. The number of methoxy groups -OCH3 is 1. The summed E-state index contributed by atoms with van der Waals surface area (Å²) in [6.07, 6.45) is 0.423. The largest absolute Gasteiger partial charge is 0.453 e. The van der Waals surface area contributed by atoms with Crippen LogP contribution in [0.15, 0.2) is 18.2 Å². The number of carbonyl (C=O) groups excluding carboxylic acids is 1. The Morgan fingerprint density at radius 2 is 2.42 bits per heavy atom. The van der Waals surface area contributed by atoms with Crippen molar-refractivity contribution in [2.75, 3.05) is 25.1 Å². The van der Waals surface area contributed by atoms with Gasteiger partial charge in [0.15, 0.2) is 0 Å². The number of nitrogens with zero attached hydrogens (tertiary/aromatic N) is 1. The first-order chi connectivity index (χ1) is 9.13. The van der Waals surface area contributed by atoms with Gasteiger partial charge in [-0.1, -0.05) is 17.7 Å². The third-order valence-corrected chi connectivity index (χ3v) is 3.49. The van der Waals surface area contributed by atoms with Crippen LogP contribution in [0, 0.1) is 0 Å². The molecule has 19 heavy (non-hydrogen) atoms. The van der Waals surface area contributed by atoms with Crippen molar-refractivity contribution in [3.05, 3.63) is 28.8 Å². The van der Waals surface area contributed by atoms with Crippen LogP contribution >= 0.6 is 11.6 Å². The molecule has 1 heterocycles. The number of nitrogens with one attached hydrogen (secondary N) is 1. The van der Waals surface area contributed by atoms with Gasteiger partial charge in [-0.3, -0.25) is 0 Å². The van der Waals surface area contributed by atoms with Crippen LogP contribution in [0.5, 0.6) is 0 Å². The molecule has 0 bridgehead atoms. The van der Waals surface area contributed by atoms with Crippen LogP contribution in [0.25, 0.3) is 0 Å². The van der Waals surface area contributed by atoms with Crippen LogP contribution in [-0.2, 0) is 11.3 Å². The third-order valence-electron chi connectivity index (χ3n) is 3.25. The lowest BCUT2D eigenvalue weighted by atomic mass is 10.1. The van der Waals surface area contributed by atoms with Gasteiger partial charge in [0, 0.05) is 29.4 Å². The van der Waals surface area contributed by atoms with Crippen LogP contribution in [0.1, 0.15) is 12.0 Å². The average Bonchev–Trinajstić information content (AvgIpc) is 2.86. The van der Waals surface area contributed by atoms with E-state index in [1.54, 1.807) is 6.07 Å². The Bertz CT molecular complexity index is 467. The highest BCUT2D eigenvalue weighted by atomic mass is 35.5. The van der Waals surface area contributed by atoms with Crippen LogP contribution < -0.4 is 10.2 Å². The number of amides is 1. The number of hydrogen-bond acceptors (Lipinski definition) is 4. The van der Waals surface area contributed by atoms with E-state index in [0.29, 0.717) is 11.6 Å².